The fourth-order valence-corrected chi connectivity index (χ4v) is 5.01. The molecule has 0 spiro atoms. The molecule has 0 atom stereocenters. The van der Waals surface area contributed by atoms with Crippen LogP contribution < -0.4 is 9.54 Å². The van der Waals surface area contributed by atoms with E-state index in [4.69, 9.17) is 9.47 Å². The van der Waals surface area contributed by atoms with Crippen LogP contribution in [0.2, 0.25) is 0 Å². The minimum atomic E-state index is -0.0961. The first kappa shape index (κ1) is 22.6. The lowest BCUT2D eigenvalue weighted by Gasteiger charge is -2.07. The van der Waals surface area contributed by atoms with E-state index in [1.165, 1.54) is 11.1 Å². The van der Waals surface area contributed by atoms with Crippen LogP contribution in [0, 0.1) is 13.8 Å². The Morgan fingerprint density at radius 1 is 1.17 bits per heavy atom. The number of benzene rings is 2. The van der Waals surface area contributed by atoms with Gasteiger partial charge in [0.2, 0.25) is 5.91 Å². The molecule has 3 rings (SSSR count). The van der Waals surface area contributed by atoms with Crippen LogP contribution in [-0.2, 0) is 16.1 Å². The van der Waals surface area contributed by atoms with Crippen LogP contribution in [0.5, 0.6) is 5.75 Å². The van der Waals surface area contributed by atoms with Gasteiger partial charge in [0.05, 0.1) is 23.9 Å². The zero-order chi connectivity index (χ0) is 21.5. The van der Waals surface area contributed by atoms with Crippen molar-refractivity contribution >= 4 is 39.2 Å². The van der Waals surface area contributed by atoms with E-state index in [1.807, 2.05) is 31.2 Å². The summed E-state index contributed by atoms with van der Waals surface area (Å²) < 4.78 is 14.0. The maximum atomic E-state index is 12.6. The molecule has 0 saturated carbocycles. The second-order valence-corrected chi connectivity index (χ2v) is 9.09. The largest absolute Gasteiger partial charge is 0.497 e. The van der Waals surface area contributed by atoms with Crippen LogP contribution in [0.4, 0.5) is 0 Å². The van der Waals surface area contributed by atoms with Crippen molar-refractivity contribution in [1.82, 2.24) is 4.57 Å². The quantitative estimate of drug-likeness (QED) is 0.345. The predicted molar refractivity (Wildman–Crippen MR) is 125 cm³/mol. The molecule has 0 aliphatic heterocycles. The molecule has 0 unspecified atom stereocenters. The van der Waals surface area contributed by atoms with Gasteiger partial charge < -0.3 is 14.0 Å². The Bertz CT molecular complexity index is 1070. The number of thiazole rings is 1. The van der Waals surface area contributed by atoms with Crippen molar-refractivity contribution in [3.63, 3.8) is 0 Å². The van der Waals surface area contributed by atoms with Crippen LogP contribution in [0.3, 0.4) is 0 Å². The summed E-state index contributed by atoms with van der Waals surface area (Å²) in [4.78, 5) is 18.9. The molecule has 0 radical (unpaired) electrons. The van der Waals surface area contributed by atoms with Crippen molar-refractivity contribution in [2.24, 2.45) is 4.99 Å². The highest BCUT2D eigenvalue weighted by molar-refractivity contribution is 7.99. The molecule has 0 bridgehead atoms. The highest BCUT2D eigenvalue weighted by Gasteiger charge is 2.10. The van der Waals surface area contributed by atoms with Gasteiger partial charge >= 0.3 is 0 Å². The molecule has 1 amide bonds. The summed E-state index contributed by atoms with van der Waals surface area (Å²) in [5.41, 5.74) is 3.59. The third-order valence-electron chi connectivity index (χ3n) is 4.83. The van der Waals surface area contributed by atoms with Crippen molar-refractivity contribution in [2.75, 3.05) is 26.1 Å². The number of rotatable bonds is 9. The van der Waals surface area contributed by atoms with E-state index >= 15 is 0 Å². The van der Waals surface area contributed by atoms with Gasteiger partial charge in [-0.25, -0.2) is 0 Å². The Hall–Kier alpha value is -2.09. The Morgan fingerprint density at radius 2 is 1.90 bits per heavy atom. The molecule has 160 valence electrons. The normalized spacial score (nSPS) is 11.9. The fraction of sp³-hybridized carbons (Fsp3) is 0.391. The number of carbonyl (C=O) groups is 1. The van der Waals surface area contributed by atoms with Gasteiger partial charge in [0, 0.05) is 30.2 Å². The SMILES string of the molecule is CCOCCn1c(=NC(=O)CCSc2ccc(OC)cc2)sc2cc(C)c(C)cc21. The van der Waals surface area contributed by atoms with Crippen LogP contribution in [0.25, 0.3) is 10.2 Å². The first-order valence-corrected chi connectivity index (χ1v) is 11.8. The lowest BCUT2D eigenvalue weighted by molar-refractivity contribution is -0.117. The molecule has 2 aromatic carbocycles. The summed E-state index contributed by atoms with van der Waals surface area (Å²) in [5, 5.41) is 0. The summed E-state index contributed by atoms with van der Waals surface area (Å²) in [6.07, 6.45) is 0.397. The van der Waals surface area contributed by atoms with Crippen LogP contribution >= 0.6 is 23.1 Å². The molecule has 5 nitrogen and oxygen atoms in total. The number of hydrogen-bond donors (Lipinski definition) is 0. The first-order valence-electron chi connectivity index (χ1n) is 10.0. The van der Waals surface area contributed by atoms with Gasteiger partial charge in [0.25, 0.3) is 0 Å². The van der Waals surface area contributed by atoms with E-state index in [-0.39, 0.29) is 5.91 Å². The number of thioether (sulfide) groups is 1. The number of aryl methyl sites for hydroxylation is 2. The van der Waals surface area contributed by atoms with Crippen LogP contribution in [-0.4, -0.2) is 36.6 Å². The smallest absolute Gasteiger partial charge is 0.249 e. The van der Waals surface area contributed by atoms with E-state index in [0.29, 0.717) is 31.9 Å². The average molecular weight is 445 g/mol. The first-order chi connectivity index (χ1) is 14.5. The van der Waals surface area contributed by atoms with E-state index in [0.717, 1.165) is 25.7 Å². The average Bonchev–Trinajstić information content (AvgIpc) is 3.05. The summed E-state index contributed by atoms with van der Waals surface area (Å²) in [6.45, 7) is 8.16. The Labute approximate surface area is 185 Å². The molecule has 0 aliphatic rings. The third-order valence-corrected chi connectivity index (χ3v) is 6.88. The molecule has 3 aromatic rings. The molecule has 7 heteroatoms. The number of carbonyl (C=O) groups excluding carboxylic acids is 1. The van der Waals surface area contributed by atoms with Gasteiger partial charge in [-0.05, 0) is 68.3 Å². The lowest BCUT2D eigenvalue weighted by atomic mass is 10.1. The molecule has 1 aromatic heterocycles. The number of aromatic nitrogens is 1. The lowest BCUT2D eigenvalue weighted by Crippen LogP contribution is -2.19. The van der Waals surface area contributed by atoms with Gasteiger partial charge in [-0.2, -0.15) is 4.99 Å². The topological polar surface area (TPSA) is 52.8 Å². The molecular formula is C23H28N2O3S2. The van der Waals surface area contributed by atoms with Crippen molar-refractivity contribution < 1.29 is 14.3 Å². The van der Waals surface area contributed by atoms with Crippen LogP contribution in [0.1, 0.15) is 24.5 Å². The monoisotopic (exact) mass is 444 g/mol. The summed E-state index contributed by atoms with van der Waals surface area (Å²) in [7, 11) is 1.65. The zero-order valence-electron chi connectivity index (χ0n) is 17.9. The molecular weight excluding hydrogens is 416 g/mol. The van der Waals surface area contributed by atoms with Gasteiger partial charge in [-0.15, -0.1) is 11.8 Å². The maximum absolute atomic E-state index is 12.6. The summed E-state index contributed by atoms with van der Waals surface area (Å²) in [6, 6.07) is 12.2. The maximum Gasteiger partial charge on any atom is 0.249 e. The molecule has 0 fully saturated rings. The molecule has 0 saturated heterocycles. The van der Waals surface area contributed by atoms with Gasteiger partial charge in [-0.1, -0.05) is 11.3 Å². The Balaban J connectivity index is 1.75. The van der Waals surface area contributed by atoms with Gasteiger partial charge in [0.15, 0.2) is 4.80 Å². The number of fused-ring (bicyclic) bond motifs is 1. The number of hydrogen-bond acceptors (Lipinski definition) is 5. The van der Waals surface area contributed by atoms with Crippen molar-refractivity contribution in [1.29, 1.82) is 0 Å². The van der Waals surface area contributed by atoms with Gasteiger partial charge in [0.1, 0.15) is 5.75 Å². The predicted octanol–water partition coefficient (Wildman–Crippen LogP) is 4.97. The number of ether oxygens (including phenoxy) is 2. The van der Waals surface area contributed by atoms with Crippen LogP contribution in [0.15, 0.2) is 46.3 Å². The molecule has 1 heterocycles. The number of amides is 1. The van der Waals surface area contributed by atoms with E-state index in [9.17, 15) is 4.79 Å². The second-order valence-electron chi connectivity index (χ2n) is 6.92. The highest BCUT2D eigenvalue weighted by Crippen LogP contribution is 2.23. The second kappa shape index (κ2) is 10.8. The van der Waals surface area contributed by atoms with E-state index in [1.54, 1.807) is 30.2 Å². The summed E-state index contributed by atoms with van der Waals surface area (Å²) in [5.74, 6) is 1.43. The standard InChI is InChI=1S/C23H28N2O3S2/c1-5-28-12-11-25-20-14-16(2)17(3)15-21(20)30-23(25)24-22(26)10-13-29-19-8-6-18(27-4)7-9-19/h6-9,14-15H,5,10-13H2,1-4H3. The fourth-order valence-electron chi connectivity index (χ4n) is 3.01. The highest BCUT2D eigenvalue weighted by atomic mass is 32.2. The van der Waals surface area contributed by atoms with E-state index < -0.39 is 0 Å². The number of methoxy groups -OCH3 is 1. The third kappa shape index (κ3) is 5.74. The summed E-state index contributed by atoms with van der Waals surface area (Å²) >= 11 is 3.21. The van der Waals surface area contributed by atoms with E-state index in [2.05, 4.69) is 35.5 Å². The van der Waals surface area contributed by atoms with Crippen molar-refractivity contribution in [3.05, 3.63) is 52.3 Å². The zero-order valence-corrected chi connectivity index (χ0v) is 19.6. The van der Waals surface area contributed by atoms with Gasteiger partial charge in [-0.3, -0.25) is 4.79 Å². The molecule has 30 heavy (non-hydrogen) atoms. The minimum Gasteiger partial charge on any atom is -0.497 e. The van der Waals surface area contributed by atoms with Crippen molar-refractivity contribution in [2.45, 2.75) is 38.6 Å². The Morgan fingerprint density at radius 3 is 2.60 bits per heavy atom. The van der Waals surface area contributed by atoms with Crippen molar-refractivity contribution in [3.8, 4) is 5.75 Å². The minimum absolute atomic E-state index is 0.0961. The molecule has 0 aliphatic carbocycles. The molecule has 0 N–H and O–H groups in total. The Kier molecular flexibility index (Phi) is 8.13. The number of nitrogens with zero attached hydrogens (tertiary/aromatic N) is 2.